The Morgan fingerprint density at radius 2 is 1.13 bits per heavy atom. The first-order chi connectivity index (χ1) is 18.5. The van der Waals surface area contributed by atoms with E-state index in [1.807, 2.05) is 0 Å². The van der Waals surface area contributed by atoms with E-state index in [2.05, 4.69) is 11.7 Å². The molecule has 0 saturated heterocycles. The molecule has 2 aromatic carbocycles. The van der Waals surface area contributed by atoms with Crippen LogP contribution in [0.1, 0.15) is 90.0 Å². The van der Waals surface area contributed by atoms with E-state index in [1.165, 1.54) is 0 Å². The van der Waals surface area contributed by atoms with Gasteiger partial charge in [0.1, 0.15) is 0 Å². The molecule has 0 heterocycles. The minimum Gasteiger partial charge on any atom is -0.420 e. The Balaban J connectivity index is 1.86. The second-order valence-electron chi connectivity index (χ2n) is 10.2. The number of unbranched alkanes of at least 4 members (excludes halogenated alkanes) is 4. The summed E-state index contributed by atoms with van der Waals surface area (Å²) < 4.78 is 122. The molecule has 1 aliphatic carbocycles. The molecular formula is C29H32F8O2. The van der Waals surface area contributed by atoms with E-state index in [1.54, 1.807) is 6.92 Å². The molecule has 2 nitrogen and oxygen atoms in total. The number of benzene rings is 2. The Kier molecular flexibility index (Phi) is 10.8. The number of halogens is 8. The van der Waals surface area contributed by atoms with Crippen LogP contribution in [-0.4, -0.2) is 5.97 Å². The molecule has 1 aliphatic rings. The van der Waals surface area contributed by atoms with Crippen LogP contribution in [0.3, 0.4) is 0 Å². The van der Waals surface area contributed by atoms with E-state index < -0.39 is 87.3 Å². The van der Waals surface area contributed by atoms with Gasteiger partial charge >= 0.3 is 5.97 Å². The van der Waals surface area contributed by atoms with Gasteiger partial charge in [-0.2, -0.15) is 8.78 Å². The molecule has 1 saturated carbocycles. The van der Waals surface area contributed by atoms with E-state index in [0.717, 1.165) is 32.1 Å². The van der Waals surface area contributed by atoms with Crippen molar-refractivity contribution < 1.29 is 44.7 Å². The average Bonchev–Trinajstić information content (AvgIpc) is 2.93. The van der Waals surface area contributed by atoms with Crippen LogP contribution in [0, 0.1) is 58.4 Å². The smallest absolute Gasteiger partial charge is 0.314 e. The molecule has 39 heavy (non-hydrogen) atoms. The van der Waals surface area contributed by atoms with Gasteiger partial charge in [-0.05, 0) is 44.4 Å². The molecule has 0 aromatic heterocycles. The van der Waals surface area contributed by atoms with E-state index in [9.17, 15) is 39.9 Å². The third-order valence-electron chi connectivity index (χ3n) is 7.46. The highest BCUT2D eigenvalue weighted by Crippen LogP contribution is 2.41. The maximum absolute atomic E-state index is 14.9. The second kappa shape index (κ2) is 13.6. The highest BCUT2D eigenvalue weighted by Gasteiger charge is 2.36. The zero-order valence-corrected chi connectivity index (χ0v) is 22.0. The lowest BCUT2D eigenvalue weighted by molar-refractivity contribution is -0.140. The molecule has 0 unspecified atom stereocenters. The molecule has 0 atom stereocenters. The van der Waals surface area contributed by atoms with Gasteiger partial charge in [0.25, 0.3) is 0 Å². The van der Waals surface area contributed by atoms with E-state index in [0.29, 0.717) is 38.0 Å². The zero-order valence-electron chi connectivity index (χ0n) is 22.0. The van der Waals surface area contributed by atoms with Crippen LogP contribution < -0.4 is 4.74 Å². The summed E-state index contributed by atoms with van der Waals surface area (Å²) in [6.45, 7) is 3.76. The number of esters is 1. The Bertz CT molecular complexity index is 1130. The number of hydrogen-bond acceptors (Lipinski definition) is 2. The van der Waals surface area contributed by atoms with Crippen LogP contribution in [-0.2, 0) is 11.2 Å². The van der Waals surface area contributed by atoms with Gasteiger partial charge in [0.15, 0.2) is 34.9 Å². The highest BCUT2D eigenvalue weighted by atomic mass is 19.2. The van der Waals surface area contributed by atoms with Gasteiger partial charge in [0.2, 0.25) is 17.4 Å². The van der Waals surface area contributed by atoms with Crippen molar-refractivity contribution in [2.45, 2.75) is 90.9 Å². The minimum absolute atomic E-state index is 0.152. The van der Waals surface area contributed by atoms with Gasteiger partial charge in [-0.15, -0.1) is 0 Å². The molecule has 2 aromatic rings. The molecule has 1 fully saturated rings. The SMILES string of the molecule is CCCCCCC1CCC(C(=O)Oc2c(F)c(F)c(-c3c(F)c(F)c(CCCC)c(F)c3F)c(F)c2F)CC1. The third-order valence-corrected chi connectivity index (χ3v) is 7.46. The van der Waals surface area contributed by atoms with Crippen molar-refractivity contribution in [1.82, 2.24) is 0 Å². The van der Waals surface area contributed by atoms with Gasteiger partial charge in [-0.3, -0.25) is 4.79 Å². The quantitative estimate of drug-likeness (QED) is 0.0893. The fourth-order valence-electron chi connectivity index (χ4n) is 5.12. The topological polar surface area (TPSA) is 26.3 Å². The van der Waals surface area contributed by atoms with Crippen molar-refractivity contribution >= 4 is 5.97 Å². The number of hydrogen-bond donors (Lipinski definition) is 0. The van der Waals surface area contributed by atoms with Crippen LogP contribution in [0.5, 0.6) is 5.75 Å². The number of carbonyl (C=O) groups is 1. The zero-order chi connectivity index (χ0) is 28.9. The second-order valence-corrected chi connectivity index (χ2v) is 10.2. The van der Waals surface area contributed by atoms with Crippen LogP contribution in [0.2, 0.25) is 0 Å². The highest BCUT2D eigenvalue weighted by molar-refractivity contribution is 5.76. The van der Waals surface area contributed by atoms with Gasteiger partial charge in [0.05, 0.1) is 17.0 Å². The number of ether oxygens (including phenoxy) is 1. The third kappa shape index (κ3) is 6.57. The Morgan fingerprint density at radius 1 is 0.641 bits per heavy atom. The maximum Gasteiger partial charge on any atom is 0.314 e. The summed E-state index contributed by atoms with van der Waals surface area (Å²) in [5.74, 6) is -20.6. The van der Waals surface area contributed by atoms with E-state index in [4.69, 9.17) is 0 Å². The summed E-state index contributed by atoms with van der Waals surface area (Å²) in [4.78, 5) is 12.6. The van der Waals surface area contributed by atoms with Crippen molar-refractivity contribution in [2.75, 3.05) is 0 Å². The molecule has 0 radical (unpaired) electrons. The molecule has 0 N–H and O–H groups in total. The van der Waals surface area contributed by atoms with E-state index in [-0.39, 0.29) is 6.42 Å². The molecular weight excluding hydrogens is 532 g/mol. The lowest BCUT2D eigenvalue weighted by Gasteiger charge is -2.27. The van der Waals surface area contributed by atoms with Crippen molar-refractivity contribution in [3.05, 3.63) is 52.1 Å². The normalized spacial score (nSPS) is 17.5. The molecule has 0 bridgehead atoms. The van der Waals surface area contributed by atoms with Crippen molar-refractivity contribution in [3.63, 3.8) is 0 Å². The van der Waals surface area contributed by atoms with Gasteiger partial charge < -0.3 is 4.74 Å². The lowest BCUT2D eigenvalue weighted by atomic mass is 9.80. The van der Waals surface area contributed by atoms with Crippen LogP contribution >= 0.6 is 0 Å². The van der Waals surface area contributed by atoms with Gasteiger partial charge in [-0.1, -0.05) is 52.4 Å². The fraction of sp³-hybridized carbons (Fsp3) is 0.552. The summed E-state index contributed by atoms with van der Waals surface area (Å²) in [6, 6.07) is 0. The number of rotatable bonds is 11. The predicted octanol–water partition coefficient (Wildman–Crippen LogP) is 9.49. The van der Waals surface area contributed by atoms with Crippen LogP contribution in [0.25, 0.3) is 11.1 Å². The molecule has 10 heteroatoms. The Morgan fingerprint density at radius 3 is 1.62 bits per heavy atom. The molecule has 0 spiro atoms. The summed E-state index contributed by atoms with van der Waals surface area (Å²) in [5.41, 5.74) is -4.91. The van der Waals surface area contributed by atoms with Gasteiger partial charge in [-0.25, -0.2) is 26.3 Å². The minimum atomic E-state index is -2.36. The average molecular weight is 565 g/mol. The Hall–Kier alpha value is -2.65. The summed E-state index contributed by atoms with van der Waals surface area (Å²) in [7, 11) is 0. The standard InChI is InChI=1S/C29H32F8O2/c1-3-5-7-8-9-15-11-13-16(14-12-15)29(38)39-28-26(36)24(34)19(25(35)27(28)37)18-22(32)20(30)17(10-6-4-2)21(31)23(18)33/h15-16H,3-14H2,1-2H3. The van der Waals surface area contributed by atoms with Crippen molar-refractivity contribution in [1.29, 1.82) is 0 Å². The molecule has 3 rings (SSSR count). The van der Waals surface area contributed by atoms with Crippen molar-refractivity contribution in [3.8, 4) is 16.9 Å². The predicted molar refractivity (Wildman–Crippen MR) is 130 cm³/mol. The molecule has 0 amide bonds. The largest absolute Gasteiger partial charge is 0.420 e. The van der Waals surface area contributed by atoms with E-state index >= 15 is 0 Å². The first-order valence-electron chi connectivity index (χ1n) is 13.5. The van der Waals surface area contributed by atoms with Crippen LogP contribution in [0.15, 0.2) is 0 Å². The monoisotopic (exact) mass is 564 g/mol. The van der Waals surface area contributed by atoms with Crippen molar-refractivity contribution in [2.24, 2.45) is 11.8 Å². The van der Waals surface area contributed by atoms with Crippen LogP contribution in [0.4, 0.5) is 35.1 Å². The Labute approximate surface area is 222 Å². The summed E-state index contributed by atoms with van der Waals surface area (Å²) >= 11 is 0. The first-order valence-corrected chi connectivity index (χ1v) is 13.5. The number of carbonyl (C=O) groups excluding carboxylic acids is 1. The molecule has 0 aliphatic heterocycles. The fourth-order valence-corrected chi connectivity index (χ4v) is 5.12. The summed E-state index contributed by atoms with van der Waals surface area (Å²) in [6.07, 6.45) is 7.67. The lowest BCUT2D eigenvalue weighted by Crippen LogP contribution is -2.26. The first kappa shape index (κ1) is 30.9. The summed E-state index contributed by atoms with van der Waals surface area (Å²) in [5, 5.41) is 0. The molecule has 216 valence electrons. The van der Waals surface area contributed by atoms with Gasteiger partial charge in [0, 0.05) is 5.56 Å². The maximum atomic E-state index is 14.9.